The number of amides is 1. The van der Waals surface area contributed by atoms with Gasteiger partial charge in [-0.1, -0.05) is 0 Å². The zero-order chi connectivity index (χ0) is 13.0. The van der Waals surface area contributed by atoms with Crippen molar-refractivity contribution in [1.82, 2.24) is 9.88 Å². The van der Waals surface area contributed by atoms with Gasteiger partial charge in [-0.3, -0.25) is 4.79 Å². The molecule has 0 atom stereocenters. The van der Waals surface area contributed by atoms with E-state index in [9.17, 15) is 4.79 Å². The van der Waals surface area contributed by atoms with Gasteiger partial charge in [0, 0.05) is 25.2 Å². The number of carbonyl (C=O) groups is 1. The predicted molar refractivity (Wildman–Crippen MR) is 65.0 cm³/mol. The van der Waals surface area contributed by atoms with Gasteiger partial charge in [0.2, 0.25) is 5.88 Å². The summed E-state index contributed by atoms with van der Waals surface area (Å²) in [5.74, 6) is 0.353. The first-order valence-electron chi connectivity index (χ1n) is 5.94. The van der Waals surface area contributed by atoms with Crippen LogP contribution in [0.5, 0.6) is 5.88 Å². The highest BCUT2D eigenvalue weighted by Gasteiger charge is 2.25. The number of nitrogens with zero attached hydrogens (tertiary/aromatic N) is 3. The summed E-state index contributed by atoms with van der Waals surface area (Å²) < 4.78 is 5.09. The third-order valence-corrected chi connectivity index (χ3v) is 3.16. The van der Waals surface area contributed by atoms with Crippen LogP contribution < -0.4 is 4.74 Å². The molecule has 1 aromatic rings. The van der Waals surface area contributed by atoms with Gasteiger partial charge >= 0.3 is 0 Å². The van der Waals surface area contributed by atoms with Crippen LogP contribution in [0.3, 0.4) is 0 Å². The van der Waals surface area contributed by atoms with Crippen molar-refractivity contribution in [2.24, 2.45) is 5.92 Å². The molecule has 1 fully saturated rings. The maximum absolute atomic E-state index is 12.3. The number of ether oxygens (including phenoxy) is 1. The van der Waals surface area contributed by atoms with Gasteiger partial charge in [-0.15, -0.1) is 0 Å². The Morgan fingerprint density at radius 1 is 1.56 bits per heavy atom. The number of nitriles is 1. The van der Waals surface area contributed by atoms with E-state index in [1.54, 1.807) is 23.2 Å². The number of hydrogen-bond donors (Lipinski definition) is 0. The van der Waals surface area contributed by atoms with Crippen LogP contribution in [0.25, 0.3) is 0 Å². The van der Waals surface area contributed by atoms with Gasteiger partial charge in [0.15, 0.2) is 0 Å². The van der Waals surface area contributed by atoms with E-state index < -0.39 is 0 Å². The lowest BCUT2D eigenvalue weighted by Gasteiger charge is -2.29. The van der Waals surface area contributed by atoms with E-state index >= 15 is 0 Å². The predicted octanol–water partition coefficient (Wildman–Crippen LogP) is 1.47. The summed E-state index contributed by atoms with van der Waals surface area (Å²) in [5.41, 5.74) is 0.482. The lowest BCUT2D eigenvalue weighted by Crippen LogP contribution is -2.38. The van der Waals surface area contributed by atoms with Crippen LogP contribution in [0, 0.1) is 17.2 Å². The van der Waals surface area contributed by atoms with Crippen molar-refractivity contribution in [3.63, 3.8) is 0 Å². The smallest absolute Gasteiger partial charge is 0.259 e. The Labute approximate surface area is 106 Å². The molecular formula is C13H15N3O2. The summed E-state index contributed by atoms with van der Waals surface area (Å²) in [4.78, 5) is 18.1. The average Bonchev–Trinajstić information content (AvgIpc) is 2.46. The molecule has 0 radical (unpaired) electrons. The van der Waals surface area contributed by atoms with Crippen LogP contribution in [-0.4, -0.2) is 36.0 Å². The number of rotatable bonds is 2. The molecule has 1 amide bonds. The van der Waals surface area contributed by atoms with Crippen molar-refractivity contribution >= 4 is 5.91 Å². The van der Waals surface area contributed by atoms with Gasteiger partial charge in [0.25, 0.3) is 5.91 Å². The molecule has 0 bridgehead atoms. The van der Waals surface area contributed by atoms with Crippen molar-refractivity contribution in [3.8, 4) is 11.9 Å². The second-order valence-electron chi connectivity index (χ2n) is 4.26. The molecule has 0 unspecified atom stereocenters. The average molecular weight is 245 g/mol. The molecule has 5 nitrogen and oxygen atoms in total. The monoisotopic (exact) mass is 245 g/mol. The van der Waals surface area contributed by atoms with Crippen LogP contribution in [-0.2, 0) is 0 Å². The Morgan fingerprint density at radius 3 is 2.89 bits per heavy atom. The normalized spacial score (nSPS) is 16.1. The summed E-state index contributed by atoms with van der Waals surface area (Å²) in [6.07, 6.45) is 3.08. The zero-order valence-electron chi connectivity index (χ0n) is 10.3. The highest BCUT2D eigenvalue weighted by Crippen LogP contribution is 2.21. The van der Waals surface area contributed by atoms with Crippen LogP contribution in [0.15, 0.2) is 18.3 Å². The molecule has 0 aromatic carbocycles. The van der Waals surface area contributed by atoms with Crippen molar-refractivity contribution in [2.45, 2.75) is 12.8 Å². The van der Waals surface area contributed by atoms with Crippen molar-refractivity contribution < 1.29 is 9.53 Å². The minimum Gasteiger partial charge on any atom is -0.480 e. The van der Waals surface area contributed by atoms with Gasteiger partial charge in [-0.2, -0.15) is 5.26 Å². The minimum atomic E-state index is -0.0728. The van der Waals surface area contributed by atoms with Gasteiger partial charge in [-0.25, -0.2) is 4.98 Å². The lowest BCUT2D eigenvalue weighted by molar-refractivity contribution is 0.0703. The molecule has 18 heavy (non-hydrogen) atoms. The Bertz CT molecular complexity index is 473. The van der Waals surface area contributed by atoms with Gasteiger partial charge < -0.3 is 9.64 Å². The van der Waals surface area contributed by atoms with Crippen molar-refractivity contribution in [3.05, 3.63) is 23.9 Å². The Hall–Kier alpha value is -2.09. The summed E-state index contributed by atoms with van der Waals surface area (Å²) >= 11 is 0. The molecule has 0 aliphatic carbocycles. The van der Waals surface area contributed by atoms with Gasteiger partial charge in [-0.05, 0) is 25.0 Å². The molecule has 1 saturated heterocycles. The third-order valence-electron chi connectivity index (χ3n) is 3.16. The second kappa shape index (κ2) is 5.50. The molecule has 1 aliphatic rings. The van der Waals surface area contributed by atoms with E-state index in [4.69, 9.17) is 10.00 Å². The van der Waals surface area contributed by atoms with Crippen LogP contribution >= 0.6 is 0 Å². The maximum atomic E-state index is 12.3. The number of hydrogen-bond acceptors (Lipinski definition) is 4. The van der Waals surface area contributed by atoms with E-state index in [1.807, 2.05) is 0 Å². The molecule has 0 N–H and O–H groups in total. The first kappa shape index (κ1) is 12.4. The Kier molecular flexibility index (Phi) is 3.78. The molecule has 0 spiro atoms. The molecule has 0 saturated carbocycles. The number of piperidine rings is 1. The summed E-state index contributed by atoms with van der Waals surface area (Å²) in [6.45, 7) is 1.24. The van der Waals surface area contributed by atoms with Crippen molar-refractivity contribution in [1.29, 1.82) is 5.26 Å². The molecule has 2 rings (SSSR count). The van der Waals surface area contributed by atoms with E-state index in [0.717, 1.165) is 12.8 Å². The number of methoxy groups -OCH3 is 1. The summed E-state index contributed by atoms with van der Waals surface area (Å²) in [7, 11) is 1.50. The Balaban J connectivity index is 2.10. The molecular weight excluding hydrogens is 230 g/mol. The standard InChI is InChI=1S/C13H15N3O2/c1-18-12-11(3-2-6-15-12)13(17)16-7-4-10(9-14)5-8-16/h2-3,6,10H,4-5,7-8H2,1H3. The molecule has 1 aromatic heterocycles. The molecule has 1 aliphatic heterocycles. The quantitative estimate of drug-likeness (QED) is 0.791. The summed E-state index contributed by atoms with van der Waals surface area (Å²) in [6, 6.07) is 5.68. The number of pyridine rings is 1. The minimum absolute atomic E-state index is 0.0728. The highest BCUT2D eigenvalue weighted by molar-refractivity contribution is 5.96. The first-order chi connectivity index (χ1) is 8.76. The molecule has 94 valence electrons. The maximum Gasteiger partial charge on any atom is 0.259 e. The highest BCUT2D eigenvalue weighted by atomic mass is 16.5. The second-order valence-corrected chi connectivity index (χ2v) is 4.26. The largest absolute Gasteiger partial charge is 0.480 e. The number of aromatic nitrogens is 1. The third kappa shape index (κ3) is 2.43. The van der Waals surface area contributed by atoms with E-state index in [2.05, 4.69) is 11.1 Å². The summed E-state index contributed by atoms with van der Waals surface area (Å²) in [5, 5.41) is 8.83. The SMILES string of the molecule is COc1ncccc1C(=O)N1CCC(C#N)CC1. The van der Waals surface area contributed by atoms with Gasteiger partial charge in [0.05, 0.1) is 13.2 Å². The van der Waals surface area contributed by atoms with Crippen LogP contribution in [0.4, 0.5) is 0 Å². The van der Waals surface area contributed by atoms with Crippen molar-refractivity contribution in [2.75, 3.05) is 20.2 Å². The zero-order valence-corrected chi connectivity index (χ0v) is 10.3. The fourth-order valence-corrected chi connectivity index (χ4v) is 2.10. The molecule has 5 heteroatoms. The van der Waals surface area contributed by atoms with E-state index in [0.29, 0.717) is 24.5 Å². The first-order valence-corrected chi connectivity index (χ1v) is 5.94. The van der Waals surface area contributed by atoms with Gasteiger partial charge in [0.1, 0.15) is 5.56 Å². The fraction of sp³-hybridized carbons (Fsp3) is 0.462. The number of likely N-dealkylation sites (tertiary alicyclic amines) is 1. The van der Waals surface area contributed by atoms with Crippen LogP contribution in [0.1, 0.15) is 23.2 Å². The topological polar surface area (TPSA) is 66.2 Å². The lowest BCUT2D eigenvalue weighted by atomic mass is 9.98. The van der Waals surface area contributed by atoms with Crippen LogP contribution in [0.2, 0.25) is 0 Å². The van der Waals surface area contributed by atoms with E-state index in [1.165, 1.54) is 7.11 Å². The Morgan fingerprint density at radius 2 is 2.28 bits per heavy atom. The molecule has 2 heterocycles. The number of carbonyl (C=O) groups excluding carboxylic acids is 1. The van der Waals surface area contributed by atoms with E-state index in [-0.39, 0.29) is 11.8 Å². The fourth-order valence-electron chi connectivity index (χ4n) is 2.10.